The summed E-state index contributed by atoms with van der Waals surface area (Å²) in [5, 5.41) is 8.96. The predicted molar refractivity (Wildman–Crippen MR) is 45.7 cm³/mol. The van der Waals surface area contributed by atoms with Crippen LogP contribution in [-0.4, -0.2) is 11.1 Å². The molecule has 1 N–H and O–H groups in total. The number of carboxylic acid groups (broad SMARTS) is 1. The van der Waals surface area contributed by atoms with E-state index in [-0.39, 0.29) is 16.7 Å². The minimum Gasteiger partial charge on any atom is -0.481 e. The molecular formula is C10H16O2. The molecule has 2 rings (SSSR count). The smallest absolute Gasteiger partial charge is 0.307 e. The summed E-state index contributed by atoms with van der Waals surface area (Å²) >= 11 is 0. The lowest BCUT2D eigenvalue weighted by Gasteiger charge is -2.28. The van der Waals surface area contributed by atoms with Crippen molar-refractivity contribution in [1.82, 2.24) is 0 Å². The van der Waals surface area contributed by atoms with Gasteiger partial charge in [0.05, 0.1) is 5.92 Å². The number of rotatable bonds is 1. The summed E-state index contributed by atoms with van der Waals surface area (Å²) < 4.78 is 0. The molecule has 0 radical (unpaired) electrons. The molecule has 0 aromatic carbocycles. The van der Waals surface area contributed by atoms with Crippen LogP contribution < -0.4 is 0 Å². The van der Waals surface area contributed by atoms with Gasteiger partial charge in [-0.05, 0) is 29.6 Å². The maximum Gasteiger partial charge on any atom is 0.307 e. The van der Waals surface area contributed by atoms with Gasteiger partial charge >= 0.3 is 5.97 Å². The largest absolute Gasteiger partial charge is 0.481 e. The van der Waals surface area contributed by atoms with E-state index in [9.17, 15) is 4.79 Å². The van der Waals surface area contributed by atoms with Gasteiger partial charge in [-0.25, -0.2) is 0 Å². The predicted octanol–water partition coefficient (Wildman–Crippen LogP) is 2.14. The van der Waals surface area contributed by atoms with E-state index < -0.39 is 5.97 Å². The fourth-order valence-electron chi connectivity index (χ4n) is 3.21. The molecule has 3 unspecified atom stereocenters. The van der Waals surface area contributed by atoms with Crippen molar-refractivity contribution in [3.8, 4) is 0 Å². The summed E-state index contributed by atoms with van der Waals surface area (Å²) in [5.74, 6) is -0.179. The molecule has 2 heteroatoms. The van der Waals surface area contributed by atoms with E-state index >= 15 is 0 Å². The third-order valence-corrected chi connectivity index (χ3v) is 4.51. The summed E-state index contributed by atoms with van der Waals surface area (Å²) in [6.07, 6.45) is 2.30. The Morgan fingerprint density at radius 3 is 2.25 bits per heavy atom. The van der Waals surface area contributed by atoms with Crippen molar-refractivity contribution in [2.24, 2.45) is 22.7 Å². The maximum atomic E-state index is 10.9. The molecule has 0 spiro atoms. The fraction of sp³-hybridized carbons (Fsp3) is 0.900. The van der Waals surface area contributed by atoms with E-state index in [4.69, 9.17) is 5.11 Å². The highest BCUT2D eigenvalue weighted by molar-refractivity contribution is 5.76. The van der Waals surface area contributed by atoms with Crippen molar-refractivity contribution >= 4 is 5.97 Å². The van der Waals surface area contributed by atoms with Crippen LogP contribution in [0.5, 0.6) is 0 Å². The van der Waals surface area contributed by atoms with Crippen LogP contribution in [0.25, 0.3) is 0 Å². The van der Waals surface area contributed by atoms with E-state index in [2.05, 4.69) is 20.8 Å². The Labute approximate surface area is 73.0 Å². The topological polar surface area (TPSA) is 37.3 Å². The highest BCUT2D eigenvalue weighted by Gasteiger charge is 2.74. The van der Waals surface area contributed by atoms with Gasteiger partial charge in [-0.1, -0.05) is 20.8 Å². The number of fused-ring (bicyclic) bond motifs is 1. The quantitative estimate of drug-likeness (QED) is 0.651. The molecule has 2 fully saturated rings. The fourth-order valence-corrected chi connectivity index (χ4v) is 3.21. The summed E-state index contributed by atoms with van der Waals surface area (Å²) in [4.78, 5) is 10.9. The normalized spacial score (nSPS) is 48.6. The van der Waals surface area contributed by atoms with E-state index in [1.165, 1.54) is 6.42 Å². The molecular weight excluding hydrogens is 152 g/mol. The number of hydrogen-bond donors (Lipinski definition) is 1. The van der Waals surface area contributed by atoms with Gasteiger partial charge < -0.3 is 5.11 Å². The Hall–Kier alpha value is -0.530. The zero-order valence-electron chi connectivity index (χ0n) is 7.92. The van der Waals surface area contributed by atoms with Gasteiger partial charge in [-0.15, -0.1) is 0 Å². The van der Waals surface area contributed by atoms with Gasteiger partial charge in [0.1, 0.15) is 0 Å². The number of hydrogen-bond acceptors (Lipinski definition) is 1. The van der Waals surface area contributed by atoms with Crippen LogP contribution in [0.3, 0.4) is 0 Å². The van der Waals surface area contributed by atoms with Crippen molar-refractivity contribution in [3.63, 3.8) is 0 Å². The van der Waals surface area contributed by atoms with Gasteiger partial charge in [0.2, 0.25) is 0 Å². The summed E-state index contributed by atoms with van der Waals surface area (Å²) in [6, 6.07) is 0. The van der Waals surface area contributed by atoms with Crippen molar-refractivity contribution in [2.45, 2.75) is 33.6 Å². The van der Waals surface area contributed by atoms with Crippen molar-refractivity contribution in [2.75, 3.05) is 0 Å². The molecule has 0 aliphatic heterocycles. The molecule has 3 atom stereocenters. The Morgan fingerprint density at radius 2 is 2.00 bits per heavy atom. The van der Waals surface area contributed by atoms with E-state index in [1.807, 2.05) is 0 Å². The highest BCUT2D eigenvalue weighted by Crippen LogP contribution is 2.75. The summed E-state index contributed by atoms with van der Waals surface area (Å²) in [7, 11) is 0. The first kappa shape index (κ1) is 8.09. The second-order valence-corrected chi connectivity index (χ2v) is 5.13. The van der Waals surface area contributed by atoms with Crippen molar-refractivity contribution in [3.05, 3.63) is 0 Å². The lowest BCUT2D eigenvalue weighted by atomic mass is 9.76. The number of carboxylic acids is 1. The second kappa shape index (κ2) is 1.86. The Morgan fingerprint density at radius 1 is 1.42 bits per heavy atom. The third-order valence-electron chi connectivity index (χ3n) is 4.51. The summed E-state index contributed by atoms with van der Waals surface area (Å²) in [6.45, 7) is 6.55. The standard InChI is InChI=1S/C10H16O2/c1-9(2)5-4-6-7(8(11)12)10(6,9)3/h6-7H,4-5H2,1-3H3,(H,11,12). The molecule has 0 aromatic rings. The molecule has 2 aliphatic carbocycles. The van der Waals surface area contributed by atoms with Gasteiger partial charge in [0, 0.05) is 0 Å². The van der Waals surface area contributed by atoms with Gasteiger partial charge in [0.25, 0.3) is 0 Å². The van der Waals surface area contributed by atoms with Crippen LogP contribution in [0.2, 0.25) is 0 Å². The van der Waals surface area contributed by atoms with Gasteiger partial charge in [-0.2, -0.15) is 0 Å². The SMILES string of the molecule is CC1(C)CCC2C(C(=O)O)C21C. The molecule has 2 saturated carbocycles. The van der Waals surface area contributed by atoms with Crippen LogP contribution in [0, 0.1) is 22.7 Å². The Kier molecular flexibility index (Phi) is 1.25. The molecule has 0 heterocycles. The van der Waals surface area contributed by atoms with Crippen LogP contribution in [-0.2, 0) is 4.79 Å². The molecule has 0 amide bonds. The molecule has 2 aliphatic rings. The number of aliphatic carboxylic acids is 1. The first-order chi connectivity index (χ1) is 5.41. The maximum absolute atomic E-state index is 10.9. The van der Waals surface area contributed by atoms with Crippen molar-refractivity contribution < 1.29 is 9.90 Å². The lowest BCUT2D eigenvalue weighted by molar-refractivity contribution is -0.140. The van der Waals surface area contributed by atoms with Crippen LogP contribution >= 0.6 is 0 Å². The zero-order valence-corrected chi connectivity index (χ0v) is 7.92. The van der Waals surface area contributed by atoms with E-state index in [0.717, 1.165) is 6.42 Å². The first-order valence-electron chi connectivity index (χ1n) is 4.64. The first-order valence-corrected chi connectivity index (χ1v) is 4.64. The van der Waals surface area contributed by atoms with Crippen LogP contribution in [0.15, 0.2) is 0 Å². The lowest BCUT2D eigenvalue weighted by Crippen LogP contribution is -2.24. The van der Waals surface area contributed by atoms with Gasteiger partial charge in [-0.3, -0.25) is 4.79 Å². The average molecular weight is 168 g/mol. The molecule has 0 bridgehead atoms. The molecule has 12 heavy (non-hydrogen) atoms. The average Bonchev–Trinajstić information content (AvgIpc) is 2.47. The Bertz CT molecular complexity index is 244. The highest BCUT2D eigenvalue weighted by atomic mass is 16.4. The molecule has 2 nitrogen and oxygen atoms in total. The van der Waals surface area contributed by atoms with Crippen LogP contribution in [0.1, 0.15) is 33.6 Å². The van der Waals surface area contributed by atoms with E-state index in [0.29, 0.717) is 5.92 Å². The minimum absolute atomic E-state index is 0.0544. The summed E-state index contributed by atoms with van der Waals surface area (Å²) in [5.41, 5.74) is 0.333. The molecule has 68 valence electrons. The second-order valence-electron chi connectivity index (χ2n) is 5.13. The van der Waals surface area contributed by atoms with Gasteiger partial charge in [0.15, 0.2) is 0 Å². The molecule has 0 saturated heterocycles. The van der Waals surface area contributed by atoms with E-state index in [1.54, 1.807) is 0 Å². The van der Waals surface area contributed by atoms with Crippen LogP contribution in [0.4, 0.5) is 0 Å². The molecule has 0 aromatic heterocycles. The third kappa shape index (κ3) is 0.644. The number of carbonyl (C=O) groups is 1. The minimum atomic E-state index is -0.588. The Balaban J connectivity index is 2.28. The zero-order chi connectivity index (χ0) is 9.15. The monoisotopic (exact) mass is 168 g/mol. The van der Waals surface area contributed by atoms with Crippen molar-refractivity contribution in [1.29, 1.82) is 0 Å².